The number of benzene rings is 1. The largest absolute Gasteiger partial charge is 0.113 e. The van der Waals surface area contributed by atoms with Crippen LogP contribution in [0.5, 0.6) is 0 Å². The number of hydrogen-bond acceptors (Lipinski definition) is 0. The Morgan fingerprint density at radius 3 is 3.08 bits per heavy atom. The average Bonchev–Trinajstić information content (AvgIpc) is 2.49. The molecule has 0 fully saturated rings. The van der Waals surface area contributed by atoms with E-state index in [4.69, 9.17) is 0 Å². The van der Waals surface area contributed by atoms with E-state index in [1.807, 2.05) is 0 Å². The Kier molecular flexibility index (Phi) is 2.49. The second-order valence-electron chi connectivity index (χ2n) is 3.25. The molecule has 0 aromatic heterocycles. The Bertz CT molecular complexity index is 294. The first-order chi connectivity index (χ1) is 5.83. The molecule has 0 amide bonds. The molecule has 12 heavy (non-hydrogen) atoms. The number of aryl methyl sites for hydroxylation is 1. The van der Waals surface area contributed by atoms with E-state index in [0.717, 1.165) is 22.6 Å². The van der Waals surface area contributed by atoms with Crippen LogP contribution in [0.4, 0.5) is 0 Å². The molecule has 64 valence electrons. The molecule has 1 aliphatic heterocycles. The molecule has 1 heterocycles. The highest BCUT2D eigenvalue weighted by molar-refractivity contribution is 7.56. The summed E-state index contributed by atoms with van der Waals surface area (Å²) < 4.78 is 0. The van der Waals surface area contributed by atoms with Crippen molar-refractivity contribution in [3.63, 3.8) is 0 Å². The normalized spacial score (nSPS) is 24.0. The summed E-state index contributed by atoms with van der Waals surface area (Å²) in [4.78, 5) is 0. The zero-order valence-electron chi connectivity index (χ0n) is 7.52. The second-order valence-corrected chi connectivity index (χ2v) is 6.32. The van der Waals surface area contributed by atoms with Crippen LogP contribution in [-0.2, 0) is 6.16 Å². The average molecular weight is 196 g/mol. The van der Waals surface area contributed by atoms with Crippen LogP contribution in [0.2, 0.25) is 0 Å². The fourth-order valence-electron chi connectivity index (χ4n) is 1.87. The molecule has 0 radical (unpaired) electrons. The third-order valence-electron chi connectivity index (χ3n) is 2.49. The molecule has 0 N–H and O–H groups in total. The highest BCUT2D eigenvalue weighted by Gasteiger charge is 2.21. The van der Waals surface area contributed by atoms with Crippen LogP contribution in [-0.4, -0.2) is 6.66 Å². The van der Waals surface area contributed by atoms with Gasteiger partial charge in [0.15, 0.2) is 0 Å². The molecule has 0 bridgehead atoms. The van der Waals surface area contributed by atoms with Gasteiger partial charge < -0.3 is 0 Å². The van der Waals surface area contributed by atoms with E-state index in [1.165, 1.54) is 11.7 Å². The smallest absolute Gasteiger partial charge is 0.0191 e. The van der Waals surface area contributed by atoms with Crippen LogP contribution in [0.15, 0.2) is 18.2 Å². The van der Waals surface area contributed by atoms with Crippen LogP contribution in [0.1, 0.15) is 22.1 Å². The lowest BCUT2D eigenvalue weighted by Crippen LogP contribution is -1.88. The topological polar surface area (TPSA) is 0 Å². The molecular formula is C10H14P2. The zero-order chi connectivity index (χ0) is 8.55. The molecule has 0 saturated carbocycles. The molecule has 0 aliphatic carbocycles. The van der Waals surface area contributed by atoms with Gasteiger partial charge in [0.25, 0.3) is 0 Å². The summed E-state index contributed by atoms with van der Waals surface area (Å²) in [6.45, 7) is 4.58. The summed E-state index contributed by atoms with van der Waals surface area (Å²) in [7, 11) is 2.23. The Morgan fingerprint density at radius 1 is 1.50 bits per heavy atom. The van der Waals surface area contributed by atoms with E-state index < -0.39 is 0 Å². The molecule has 0 saturated heterocycles. The van der Waals surface area contributed by atoms with Crippen LogP contribution in [0.25, 0.3) is 0 Å². The predicted molar refractivity (Wildman–Crippen MR) is 60.2 cm³/mol. The van der Waals surface area contributed by atoms with Gasteiger partial charge in [-0.15, -0.1) is 17.2 Å². The van der Waals surface area contributed by atoms with E-state index in [0.29, 0.717) is 0 Å². The van der Waals surface area contributed by atoms with Crippen molar-refractivity contribution in [3.05, 3.63) is 34.9 Å². The van der Waals surface area contributed by atoms with Gasteiger partial charge in [0.1, 0.15) is 0 Å². The van der Waals surface area contributed by atoms with Gasteiger partial charge in [0.05, 0.1) is 0 Å². The quantitative estimate of drug-likeness (QED) is 0.603. The minimum Gasteiger partial charge on any atom is -0.113 e. The molecule has 2 heteroatoms. The minimum atomic E-state index is 0.904. The Hall–Kier alpha value is 0.0800. The Morgan fingerprint density at radius 2 is 2.33 bits per heavy atom. The summed E-state index contributed by atoms with van der Waals surface area (Å²) >= 11 is 0. The predicted octanol–water partition coefficient (Wildman–Crippen LogP) is 3.49. The lowest BCUT2D eigenvalue weighted by molar-refractivity contribution is 1.25. The van der Waals surface area contributed by atoms with Gasteiger partial charge in [0, 0.05) is 5.40 Å². The van der Waals surface area contributed by atoms with Crippen molar-refractivity contribution in [3.8, 4) is 0 Å². The third kappa shape index (κ3) is 1.32. The first kappa shape index (κ1) is 8.67. The van der Waals surface area contributed by atoms with Gasteiger partial charge in [-0.1, -0.05) is 18.2 Å². The number of fused-ring (bicyclic) bond motifs is 1. The van der Waals surface area contributed by atoms with Gasteiger partial charge in [-0.3, -0.25) is 0 Å². The lowest BCUT2D eigenvalue weighted by Gasteiger charge is -2.10. The molecule has 3 atom stereocenters. The summed E-state index contributed by atoms with van der Waals surface area (Å²) in [5, 5.41) is 0.904. The third-order valence-corrected chi connectivity index (χ3v) is 6.11. The zero-order valence-corrected chi connectivity index (χ0v) is 9.52. The monoisotopic (exact) mass is 196 g/mol. The molecule has 1 aromatic carbocycles. The SMILES string of the molecule is CPC1PCc2cccc(C)c21. The van der Waals surface area contributed by atoms with Crippen molar-refractivity contribution in [1.82, 2.24) is 0 Å². The minimum absolute atomic E-state index is 0.904. The molecule has 0 spiro atoms. The van der Waals surface area contributed by atoms with Gasteiger partial charge in [0.2, 0.25) is 0 Å². The summed E-state index contributed by atoms with van der Waals surface area (Å²) in [5.41, 5.74) is 4.81. The lowest BCUT2D eigenvalue weighted by atomic mass is 10.1. The van der Waals surface area contributed by atoms with Gasteiger partial charge in [-0.05, 0) is 36.4 Å². The highest BCUT2D eigenvalue weighted by atomic mass is 31.1. The van der Waals surface area contributed by atoms with Crippen molar-refractivity contribution < 1.29 is 0 Å². The molecule has 1 aliphatic rings. The molecule has 3 unspecified atom stereocenters. The van der Waals surface area contributed by atoms with Crippen LogP contribution < -0.4 is 0 Å². The number of rotatable bonds is 1. The summed E-state index contributed by atoms with van der Waals surface area (Å²) in [6.07, 6.45) is 1.34. The van der Waals surface area contributed by atoms with Crippen molar-refractivity contribution >= 4 is 17.2 Å². The fraction of sp³-hybridized carbons (Fsp3) is 0.400. The Balaban J connectivity index is 2.48. The van der Waals surface area contributed by atoms with E-state index in [2.05, 4.69) is 31.8 Å². The molecule has 1 aromatic rings. The van der Waals surface area contributed by atoms with Crippen LogP contribution in [0.3, 0.4) is 0 Å². The van der Waals surface area contributed by atoms with Crippen molar-refractivity contribution in [2.24, 2.45) is 0 Å². The van der Waals surface area contributed by atoms with Gasteiger partial charge in [-0.25, -0.2) is 0 Å². The maximum absolute atomic E-state index is 2.33. The van der Waals surface area contributed by atoms with E-state index in [1.54, 1.807) is 11.1 Å². The first-order valence-electron chi connectivity index (χ1n) is 4.32. The maximum Gasteiger partial charge on any atom is 0.0191 e. The summed E-state index contributed by atoms with van der Waals surface area (Å²) in [6, 6.07) is 6.75. The van der Waals surface area contributed by atoms with E-state index >= 15 is 0 Å². The van der Waals surface area contributed by atoms with E-state index in [-0.39, 0.29) is 0 Å². The maximum atomic E-state index is 2.33. The van der Waals surface area contributed by atoms with Crippen molar-refractivity contribution in [1.29, 1.82) is 0 Å². The van der Waals surface area contributed by atoms with Crippen molar-refractivity contribution in [2.45, 2.75) is 18.5 Å². The van der Waals surface area contributed by atoms with E-state index in [9.17, 15) is 0 Å². The first-order valence-corrected chi connectivity index (χ1v) is 7.18. The highest BCUT2D eigenvalue weighted by Crippen LogP contribution is 2.55. The molecular weight excluding hydrogens is 182 g/mol. The molecule has 0 nitrogen and oxygen atoms in total. The molecule has 2 rings (SSSR count). The van der Waals surface area contributed by atoms with Crippen LogP contribution >= 0.6 is 17.2 Å². The Labute approximate surface area is 77.7 Å². The standard InChI is InChI=1S/C10H14P2/c1-7-4-3-5-8-6-12-10(11-2)9(7)8/h3-5,10-12H,6H2,1-2H3. The number of hydrogen-bond donors (Lipinski definition) is 0. The van der Waals surface area contributed by atoms with Crippen molar-refractivity contribution in [2.75, 3.05) is 6.66 Å². The second kappa shape index (κ2) is 3.44. The fourth-order valence-corrected chi connectivity index (χ4v) is 5.04. The van der Waals surface area contributed by atoms with Gasteiger partial charge in [-0.2, -0.15) is 0 Å². The summed E-state index contributed by atoms with van der Waals surface area (Å²) in [5.74, 6) is 0. The van der Waals surface area contributed by atoms with Crippen LogP contribution in [0, 0.1) is 6.92 Å². The van der Waals surface area contributed by atoms with Gasteiger partial charge >= 0.3 is 0 Å².